The Morgan fingerprint density at radius 2 is 1.94 bits per heavy atom. The van der Waals surface area contributed by atoms with Crippen LogP contribution in [0, 0.1) is 0 Å². The van der Waals surface area contributed by atoms with Crippen LogP contribution in [0.4, 0.5) is 0 Å². The van der Waals surface area contributed by atoms with Crippen molar-refractivity contribution in [2.45, 2.75) is 13.0 Å². The smallest absolute Gasteiger partial charge is 0.261 e. The summed E-state index contributed by atoms with van der Waals surface area (Å²) in [6.45, 7) is 1.95. The molecule has 0 spiro atoms. The molecule has 0 aliphatic carbocycles. The molecule has 0 saturated heterocycles. The Labute approximate surface area is 123 Å². The quantitative estimate of drug-likeness (QED) is 0.862. The number of carbonyl (C=O) groups is 1. The first-order valence-electron chi connectivity index (χ1n) is 5.38. The molecule has 2 aromatic rings. The molecule has 0 aliphatic heterocycles. The van der Waals surface area contributed by atoms with Crippen molar-refractivity contribution in [1.29, 1.82) is 0 Å². The van der Waals surface area contributed by atoms with Crippen LogP contribution in [-0.4, -0.2) is 5.91 Å². The summed E-state index contributed by atoms with van der Waals surface area (Å²) in [4.78, 5) is 12.7. The molecule has 0 aliphatic rings. The second kappa shape index (κ2) is 5.87. The number of thiophene rings is 1. The first kappa shape index (κ1) is 13.6. The van der Waals surface area contributed by atoms with Crippen LogP contribution in [0.25, 0.3) is 0 Å². The zero-order chi connectivity index (χ0) is 13.1. The maximum atomic E-state index is 12.0. The minimum Gasteiger partial charge on any atom is -0.345 e. The molecule has 0 fully saturated rings. The zero-order valence-corrected chi connectivity index (χ0v) is 12.8. The maximum Gasteiger partial charge on any atom is 0.261 e. The topological polar surface area (TPSA) is 29.1 Å². The Balaban J connectivity index is 2.05. The average Bonchev–Trinajstić information content (AvgIpc) is 2.76. The molecule has 2 rings (SSSR count). The van der Waals surface area contributed by atoms with Crippen molar-refractivity contribution < 1.29 is 4.79 Å². The van der Waals surface area contributed by atoms with Gasteiger partial charge in [-0.1, -0.05) is 23.7 Å². The van der Waals surface area contributed by atoms with Gasteiger partial charge in [0.05, 0.1) is 14.7 Å². The van der Waals surface area contributed by atoms with Gasteiger partial charge in [-0.2, -0.15) is 0 Å². The first-order chi connectivity index (χ1) is 8.56. The minimum atomic E-state index is -0.0619. The van der Waals surface area contributed by atoms with E-state index in [0.717, 1.165) is 9.35 Å². The minimum absolute atomic E-state index is 0.0457. The summed E-state index contributed by atoms with van der Waals surface area (Å²) in [5, 5.41) is 3.65. The number of hydrogen-bond acceptors (Lipinski definition) is 2. The van der Waals surface area contributed by atoms with Crippen LogP contribution < -0.4 is 5.32 Å². The molecule has 1 unspecified atom stereocenters. The van der Waals surface area contributed by atoms with Crippen LogP contribution in [-0.2, 0) is 0 Å². The van der Waals surface area contributed by atoms with Crippen molar-refractivity contribution >= 4 is 44.8 Å². The molecule has 1 heterocycles. The fourth-order valence-corrected chi connectivity index (χ4v) is 2.95. The second-order valence-corrected chi connectivity index (χ2v) is 6.75. The summed E-state index contributed by atoms with van der Waals surface area (Å²) in [5.41, 5.74) is 1.03. The van der Waals surface area contributed by atoms with Gasteiger partial charge < -0.3 is 5.32 Å². The average molecular weight is 345 g/mol. The zero-order valence-electron chi connectivity index (χ0n) is 9.61. The molecule has 1 N–H and O–H groups in total. The Kier molecular flexibility index (Phi) is 4.43. The number of carbonyl (C=O) groups excluding carboxylic acids is 1. The van der Waals surface area contributed by atoms with E-state index in [0.29, 0.717) is 9.90 Å². The van der Waals surface area contributed by atoms with Crippen LogP contribution in [0.1, 0.15) is 28.2 Å². The molecule has 1 amide bonds. The summed E-state index contributed by atoms with van der Waals surface area (Å²) in [6, 6.07) is 11.1. The van der Waals surface area contributed by atoms with E-state index in [1.807, 2.05) is 37.3 Å². The van der Waals surface area contributed by atoms with Crippen molar-refractivity contribution in [3.8, 4) is 0 Å². The van der Waals surface area contributed by atoms with Crippen molar-refractivity contribution in [2.75, 3.05) is 0 Å². The summed E-state index contributed by atoms with van der Waals surface area (Å²) in [6.07, 6.45) is 0. The largest absolute Gasteiger partial charge is 0.345 e. The van der Waals surface area contributed by atoms with Gasteiger partial charge in [0, 0.05) is 5.02 Å². The van der Waals surface area contributed by atoms with E-state index >= 15 is 0 Å². The fourth-order valence-electron chi connectivity index (χ4n) is 1.54. The van der Waals surface area contributed by atoms with Crippen LogP contribution >= 0.6 is 38.9 Å². The molecule has 0 radical (unpaired) electrons. The Morgan fingerprint density at radius 1 is 1.28 bits per heavy atom. The van der Waals surface area contributed by atoms with Gasteiger partial charge in [0.2, 0.25) is 0 Å². The third-order valence-electron chi connectivity index (χ3n) is 2.51. The van der Waals surface area contributed by atoms with E-state index in [4.69, 9.17) is 11.6 Å². The highest BCUT2D eigenvalue weighted by Crippen LogP contribution is 2.23. The molecule has 18 heavy (non-hydrogen) atoms. The SMILES string of the molecule is CC(NC(=O)c1ccc(Br)s1)c1ccc(Cl)cc1. The number of hydrogen-bond donors (Lipinski definition) is 1. The molecule has 5 heteroatoms. The summed E-state index contributed by atoms with van der Waals surface area (Å²) in [5.74, 6) is -0.0619. The van der Waals surface area contributed by atoms with Gasteiger partial charge in [0.1, 0.15) is 0 Å². The maximum absolute atomic E-state index is 12.0. The van der Waals surface area contributed by atoms with E-state index in [9.17, 15) is 4.79 Å². The van der Waals surface area contributed by atoms with Crippen LogP contribution in [0.3, 0.4) is 0 Å². The van der Waals surface area contributed by atoms with Crippen LogP contribution in [0.15, 0.2) is 40.2 Å². The standard InChI is InChI=1S/C13H11BrClNOS/c1-8(9-2-4-10(15)5-3-9)16-13(17)11-6-7-12(14)18-11/h2-8H,1H3,(H,16,17). The molecular formula is C13H11BrClNOS. The highest BCUT2D eigenvalue weighted by atomic mass is 79.9. The molecule has 2 nitrogen and oxygen atoms in total. The lowest BCUT2D eigenvalue weighted by molar-refractivity contribution is 0.0944. The van der Waals surface area contributed by atoms with Gasteiger partial charge in [-0.3, -0.25) is 4.79 Å². The van der Waals surface area contributed by atoms with Crippen molar-refractivity contribution in [3.05, 3.63) is 55.6 Å². The summed E-state index contributed by atoms with van der Waals surface area (Å²) in [7, 11) is 0. The molecule has 1 aromatic carbocycles. The van der Waals surface area contributed by atoms with Gasteiger partial charge in [0.25, 0.3) is 5.91 Å². The molecular weight excluding hydrogens is 334 g/mol. The van der Waals surface area contributed by atoms with Crippen molar-refractivity contribution in [2.24, 2.45) is 0 Å². The molecule has 94 valence electrons. The van der Waals surface area contributed by atoms with E-state index < -0.39 is 0 Å². The van der Waals surface area contributed by atoms with Crippen LogP contribution in [0.2, 0.25) is 5.02 Å². The lowest BCUT2D eigenvalue weighted by Gasteiger charge is -2.13. The number of amides is 1. The molecule has 0 saturated carbocycles. The van der Waals surface area contributed by atoms with Gasteiger partial charge in [-0.25, -0.2) is 0 Å². The monoisotopic (exact) mass is 343 g/mol. The predicted octanol–water partition coefficient (Wildman–Crippen LogP) is 4.66. The molecule has 0 bridgehead atoms. The van der Waals surface area contributed by atoms with Gasteiger partial charge in [-0.05, 0) is 52.7 Å². The summed E-state index contributed by atoms with van der Waals surface area (Å²) < 4.78 is 0.951. The Morgan fingerprint density at radius 3 is 2.50 bits per heavy atom. The molecule has 1 atom stereocenters. The van der Waals surface area contributed by atoms with Crippen LogP contribution in [0.5, 0.6) is 0 Å². The number of rotatable bonds is 3. The van der Waals surface area contributed by atoms with E-state index in [-0.39, 0.29) is 11.9 Å². The van der Waals surface area contributed by atoms with E-state index in [1.165, 1.54) is 11.3 Å². The van der Waals surface area contributed by atoms with Crippen molar-refractivity contribution in [1.82, 2.24) is 5.32 Å². The first-order valence-corrected chi connectivity index (χ1v) is 7.36. The summed E-state index contributed by atoms with van der Waals surface area (Å²) >= 11 is 10.6. The normalized spacial score (nSPS) is 12.2. The Hall–Kier alpha value is -0.840. The highest BCUT2D eigenvalue weighted by molar-refractivity contribution is 9.11. The Bertz CT molecular complexity index is 552. The number of halogens is 2. The van der Waals surface area contributed by atoms with Gasteiger partial charge >= 0.3 is 0 Å². The van der Waals surface area contributed by atoms with E-state index in [2.05, 4.69) is 21.2 Å². The lowest BCUT2D eigenvalue weighted by Crippen LogP contribution is -2.25. The van der Waals surface area contributed by atoms with Gasteiger partial charge in [-0.15, -0.1) is 11.3 Å². The lowest BCUT2D eigenvalue weighted by atomic mass is 10.1. The van der Waals surface area contributed by atoms with Crippen molar-refractivity contribution in [3.63, 3.8) is 0 Å². The third-order valence-corrected chi connectivity index (χ3v) is 4.39. The highest BCUT2D eigenvalue weighted by Gasteiger charge is 2.12. The number of benzene rings is 1. The third kappa shape index (κ3) is 3.34. The predicted molar refractivity (Wildman–Crippen MR) is 79.4 cm³/mol. The van der Waals surface area contributed by atoms with E-state index in [1.54, 1.807) is 6.07 Å². The second-order valence-electron chi connectivity index (χ2n) is 3.85. The van der Waals surface area contributed by atoms with Gasteiger partial charge in [0.15, 0.2) is 0 Å². The molecule has 1 aromatic heterocycles. The number of nitrogens with one attached hydrogen (secondary N) is 1. The fraction of sp³-hybridized carbons (Fsp3) is 0.154.